The topological polar surface area (TPSA) is 52.6 Å². The number of benzene rings is 2. The Morgan fingerprint density at radius 3 is 2.00 bits per heavy atom. The van der Waals surface area contributed by atoms with Crippen LogP contribution in [0.5, 0.6) is 5.75 Å². The first-order chi connectivity index (χ1) is 14.3. The highest BCUT2D eigenvalue weighted by Gasteiger charge is 2.36. The van der Waals surface area contributed by atoms with E-state index in [1.54, 1.807) is 38.1 Å². The molecule has 0 aliphatic rings. The number of ether oxygens (including phenoxy) is 2. The van der Waals surface area contributed by atoms with Crippen molar-refractivity contribution in [3.05, 3.63) is 65.2 Å². The fourth-order valence-corrected chi connectivity index (χ4v) is 3.07. The van der Waals surface area contributed by atoms with Crippen molar-refractivity contribution in [1.82, 2.24) is 0 Å². The fourth-order valence-electron chi connectivity index (χ4n) is 3.07. The Morgan fingerprint density at radius 1 is 0.871 bits per heavy atom. The highest BCUT2D eigenvalue weighted by molar-refractivity contribution is 5.98. The van der Waals surface area contributed by atoms with E-state index in [0.717, 1.165) is 18.4 Å². The molecule has 0 aliphatic heterocycles. The second-order valence-electron chi connectivity index (χ2n) is 9.76. The SMILES string of the molecule is CCC(C)(C)c1ccc(OC(C)(C)C(=O)OC(=O)c2cc[c]cc2)c(C(C)(C)CC)c1. The molecule has 4 heteroatoms. The zero-order valence-corrected chi connectivity index (χ0v) is 20.1. The van der Waals surface area contributed by atoms with Crippen LogP contribution in [-0.2, 0) is 20.4 Å². The highest BCUT2D eigenvalue weighted by atomic mass is 16.6. The van der Waals surface area contributed by atoms with Gasteiger partial charge in [-0.2, -0.15) is 0 Å². The summed E-state index contributed by atoms with van der Waals surface area (Å²) < 4.78 is 11.3. The third-order valence-electron chi connectivity index (χ3n) is 6.25. The fraction of sp³-hybridized carbons (Fsp3) is 0.481. The number of hydrogen-bond acceptors (Lipinski definition) is 4. The molecule has 167 valence electrons. The largest absolute Gasteiger partial charge is 0.476 e. The Balaban J connectivity index is 2.34. The van der Waals surface area contributed by atoms with Gasteiger partial charge in [0.15, 0.2) is 0 Å². The number of carbonyl (C=O) groups excluding carboxylic acids is 2. The lowest BCUT2D eigenvalue weighted by atomic mass is 9.76. The molecule has 0 saturated heterocycles. The predicted octanol–water partition coefficient (Wildman–Crippen LogP) is 6.40. The van der Waals surface area contributed by atoms with Crippen LogP contribution in [0.1, 0.15) is 89.7 Å². The maximum atomic E-state index is 12.8. The van der Waals surface area contributed by atoms with Crippen molar-refractivity contribution >= 4 is 11.9 Å². The van der Waals surface area contributed by atoms with Gasteiger partial charge < -0.3 is 9.47 Å². The number of rotatable bonds is 8. The molecule has 0 spiro atoms. The van der Waals surface area contributed by atoms with Gasteiger partial charge in [0.05, 0.1) is 5.56 Å². The zero-order chi connectivity index (χ0) is 23.4. The average Bonchev–Trinajstić information content (AvgIpc) is 2.74. The molecule has 0 fully saturated rings. The van der Waals surface area contributed by atoms with Crippen LogP contribution in [0.2, 0.25) is 0 Å². The van der Waals surface area contributed by atoms with Crippen LogP contribution in [0.15, 0.2) is 42.5 Å². The monoisotopic (exact) mass is 423 g/mol. The van der Waals surface area contributed by atoms with E-state index in [4.69, 9.17) is 9.47 Å². The van der Waals surface area contributed by atoms with Gasteiger partial charge in [-0.05, 0) is 67.3 Å². The summed E-state index contributed by atoms with van der Waals surface area (Å²) in [5.74, 6) is -0.806. The molecule has 2 aromatic carbocycles. The van der Waals surface area contributed by atoms with E-state index in [1.807, 2.05) is 6.07 Å². The molecule has 4 nitrogen and oxygen atoms in total. The predicted molar refractivity (Wildman–Crippen MR) is 123 cm³/mol. The molecule has 0 amide bonds. The second-order valence-corrected chi connectivity index (χ2v) is 9.76. The van der Waals surface area contributed by atoms with Crippen LogP contribution >= 0.6 is 0 Å². The average molecular weight is 424 g/mol. The summed E-state index contributed by atoms with van der Waals surface area (Å²) in [6.45, 7) is 16.3. The molecule has 0 bridgehead atoms. The highest BCUT2D eigenvalue weighted by Crippen LogP contribution is 2.39. The summed E-state index contributed by atoms with van der Waals surface area (Å²) in [7, 11) is 0. The van der Waals surface area contributed by atoms with Crippen molar-refractivity contribution in [2.75, 3.05) is 0 Å². The second kappa shape index (κ2) is 9.25. The van der Waals surface area contributed by atoms with Crippen LogP contribution in [-0.4, -0.2) is 17.5 Å². The molecular formula is C27H35O4. The molecule has 1 radical (unpaired) electrons. The number of esters is 2. The minimum atomic E-state index is -1.34. The summed E-state index contributed by atoms with van der Waals surface area (Å²) in [6.07, 6.45) is 1.92. The Labute approximate surface area is 187 Å². The lowest BCUT2D eigenvalue weighted by Crippen LogP contribution is -2.41. The van der Waals surface area contributed by atoms with Gasteiger partial charge in [-0.1, -0.05) is 65.8 Å². The van der Waals surface area contributed by atoms with Gasteiger partial charge >= 0.3 is 11.9 Å². The molecule has 0 unspecified atom stereocenters. The van der Waals surface area contributed by atoms with Crippen LogP contribution < -0.4 is 4.74 Å². The van der Waals surface area contributed by atoms with Crippen molar-refractivity contribution < 1.29 is 19.1 Å². The summed E-state index contributed by atoms with van der Waals surface area (Å²) in [5, 5.41) is 0. The van der Waals surface area contributed by atoms with Gasteiger partial charge in [-0.15, -0.1) is 0 Å². The normalized spacial score (nSPS) is 12.4. The first-order valence-electron chi connectivity index (χ1n) is 10.9. The lowest BCUT2D eigenvalue weighted by Gasteiger charge is -2.33. The number of hydrogen-bond donors (Lipinski definition) is 0. The van der Waals surface area contributed by atoms with Crippen LogP contribution in [0, 0.1) is 6.07 Å². The molecule has 0 atom stereocenters. The molecule has 2 aromatic rings. The van der Waals surface area contributed by atoms with E-state index < -0.39 is 17.5 Å². The van der Waals surface area contributed by atoms with E-state index in [2.05, 4.69) is 59.7 Å². The standard InChI is InChI=1S/C27H35O4/c1-9-25(3,4)20-16-17-22(21(18-20)26(5,6)10-2)31-27(7,8)24(29)30-23(28)19-14-12-11-13-15-19/h12-18H,9-10H2,1-8H3. The molecule has 2 rings (SSSR count). The van der Waals surface area contributed by atoms with E-state index in [1.165, 1.54) is 5.56 Å². The van der Waals surface area contributed by atoms with Crippen molar-refractivity contribution in [3.8, 4) is 5.75 Å². The maximum absolute atomic E-state index is 12.8. The molecule has 0 aromatic heterocycles. The molecule has 0 saturated carbocycles. The van der Waals surface area contributed by atoms with E-state index in [0.29, 0.717) is 11.3 Å². The van der Waals surface area contributed by atoms with E-state index in [-0.39, 0.29) is 10.8 Å². The van der Waals surface area contributed by atoms with Gasteiger partial charge in [-0.3, -0.25) is 0 Å². The molecule has 0 heterocycles. The van der Waals surface area contributed by atoms with E-state index >= 15 is 0 Å². The van der Waals surface area contributed by atoms with Crippen molar-refractivity contribution in [3.63, 3.8) is 0 Å². The van der Waals surface area contributed by atoms with Gasteiger partial charge in [0.2, 0.25) is 5.60 Å². The Kier molecular flexibility index (Phi) is 7.36. The van der Waals surface area contributed by atoms with Crippen molar-refractivity contribution in [2.45, 2.75) is 84.7 Å². The van der Waals surface area contributed by atoms with Crippen molar-refractivity contribution in [1.29, 1.82) is 0 Å². The molecule has 31 heavy (non-hydrogen) atoms. The summed E-state index contributed by atoms with van der Waals surface area (Å²) in [6, 6.07) is 15.3. The minimum absolute atomic E-state index is 0.0328. The van der Waals surface area contributed by atoms with Crippen LogP contribution in [0.4, 0.5) is 0 Å². The molecule has 0 N–H and O–H groups in total. The summed E-state index contributed by atoms with van der Waals surface area (Å²) >= 11 is 0. The zero-order valence-electron chi connectivity index (χ0n) is 20.1. The van der Waals surface area contributed by atoms with E-state index in [9.17, 15) is 9.59 Å². The van der Waals surface area contributed by atoms with Gasteiger partial charge in [0.25, 0.3) is 0 Å². The van der Waals surface area contributed by atoms with Crippen LogP contribution in [0.3, 0.4) is 0 Å². The maximum Gasteiger partial charge on any atom is 0.357 e. The Hall–Kier alpha value is -2.62. The smallest absolute Gasteiger partial charge is 0.357 e. The lowest BCUT2D eigenvalue weighted by molar-refractivity contribution is -0.153. The van der Waals surface area contributed by atoms with Gasteiger partial charge in [0, 0.05) is 5.56 Å². The third-order valence-corrected chi connectivity index (χ3v) is 6.25. The molecular weight excluding hydrogens is 388 g/mol. The van der Waals surface area contributed by atoms with Crippen molar-refractivity contribution in [2.24, 2.45) is 0 Å². The Morgan fingerprint density at radius 2 is 1.45 bits per heavy atom. The van der Waals surface area contributed by atoms with Gasteiger partial charge in [-0.25, -0.2) is 9.59 Å². The van der Waals surface area contributed by atoms with Gasteiger partial charge in [0.1, 0.15) is 5.75 Å². The third kappa shape index (κ3) is 5.75. The number of carbonyl (C=O) groups is 2. The summed E-state index contributed by atoms with van der Waals surface area (Å²) in [4.78, 5) is 25.1. The Bertz CT molecular complexity index is 924. The minimum Gasteiger partial charge on any atom is -0.476 e. The molecule has 0 aliphatic carbocycles. The first-order valence-corrected chi connectivity index (χ1v) is 10.9. The first kappa shape index (κ1) is 24.6. The quantitative estimate of drug-likeness (QED) is 0.364. The summed E-state index contributed by atoms with van der Waals surface area (Å²) in [5.41, 5.74) is 1.12. The van der Waals surface area contributed by atoms with Crippen LogP contribution in [0.25, 0.3) is 0 Å².